The van der Waals surface area contributed by atoms with Gasteiger partial charge in [-0.15, -0.1) is 0 Å². The first kappa shape index (κ1) is 11.6. The van der Waals surface area contributed by atoms with E-state index in [1.54, 1.807) is 6.20 Å². The molecule has 5 nitrogen and oxygen atoms in total. The molecule has 0 amide bonds. The van der Waals surface area contributed by atoms with Crippen LogP contribution in [0.5, 0.6) is 0 Å². The van der Waals surface area contributed by atoms with E-state index in [0.717, 1.165) is 16.6 Å². The molecule has 6 heteroatoms. The number of nitrogens with zero attached hydrogens (tertiary/aromatic N) is 5. The molecule has 0 unspecified atom stereocenters. The minimum Gasteiger partial charge on any atom is -0.336 e. The van der Waals surface area contributed by atoms with Gasteiger partial charge in [-0.2, -0.15) is 5.26 Å². The number of aryl methyl sites for hydroxylation is 1. The third kappa shape index (κ3) is 1.92. The molecule has 0 bridgehead atoms. The predicted octanol–water partition coefficient (Wildman–Crippen LogP) is 2.56. The molecule has 0 saturated heterocycles. The zero-order chi connectivity index (χ0) is 13.4. The highest BCUT2D eigenvalue weighted by atomic mass is 35.5. The van der Waals surface area contributed by atoms with Gasteiger partial charge < -0.3 is 4.57 Å². The number of nitriles is 1. The standard InChI is InChI=1S/C13H8ClN5/c1-19-3-2-8-4-9(6-16-12(8)19)11-10(5-15)7-17-13(14)18-11/h2-4,6-7H,1H3. The average molecular weight is 270 g/mol. The van der Waals surface area contributed by atoms with E-state index in [2.05, 4.69) is 21.0 Å². The number of halogens is 1. The molecule has 0 aliphatic rings. The van der Waals surface area contributed by atoms with Gasteiger partial charge in [0.2, 0.25) is 5.28 Å². The molecule has 3 aromatic heterocycles. The van der Waals surface area contributed by atoms with Crippen LogP contribution in [0.2, 0.25) is 5.28 Å². The van der Waals surface area contributed by atoms with Crippen LogP contribution in [0.1, 0.15) is 5.56 Å². The summed E-state index contributed by atoms with van der Waals surface area (Å²) >= 11 is 5.79. The molecular weight excluding hydrogens is 262 g/mol. The van der Waals surface area contributed by atoms with Crippen LogP contribution in [0.15, 0.2) is 30.7 Å². The van der Waals surface area contributed by atoms with E-state index in [9.17, 15) is 0 Å². The molecule has 19 heavy (non-hydrogen) atoms. The molecule has 92 valence electrons. The van der Waals surface area contributed by atoms with Gasteiger partial charge >= 0.3 is 0 Å². The fourth-order valence-electron chi connectivity index (χ4n) is 1.95. The van der Waals surface area contributed by atoms with E-state index >= 15 is 0 Å². The summed E-state index contributed by atoms with van der Waals surface area (Å²) in [6, 6.07) is 5.95. The number of hydrogen-bond donors (Lipinski definition) is 0. The Hall–Kier alpha value is -2.45. The highest BCUT2D eigenvalue weighted by Crippen LogP contribution is 2.24. The summed E-state index contributed by atoms with van der Waals surface area (Å²) in [4.78, 5) is 12.3. The Morgan fingerprint density at radius 1 is 1.32 bits per heavy atom. The van der Waals surface area contributed by atoms with Crippen molar-refractivity contribution in [2.45, 2.75) is 0 Å². The minimum atomic E-state index is 0.113. The molecule has 3 aromatic rings. The van der Waals surface area contributed by atoms with Crippen LogP contribution in [-0.4, -0.2) is 19.5 Å². The summed E-state index contributed by atoms with van der Waals surface area (Å²) in [5.41, 5.74) is 2.50. The monoisotopic (exact) mass is 269 g/mol. The quantitative estimate of drug-likeness (QED) is 0.637. The first-order chi connectivity index (χ1) is 9.19. The van der Waals surface area contributed by atoms with Gasteiger partial charge in [-0.25, -0.2) is 15.0 Å². The zero-order valence-electron chi connectivity index (χ0n) is 10.0. The number of hydrogen-bond acceptors (Lipinski definition) is 4. The van der Waals surface area contributed by atoms with Gasteiger partial charge in [-0.05, 0) is 23.7 Å². The van der Waals surface area contributed by atoms with Crippen molar-refractivity contribution in [3.63, 3.8) is 0 Å². The van der Waals surface area contributed by atoms with Crippen molar-refractivity contribution >= 4 is 22.6 Å². The van der Waals surface area contributed by atoms with Crippen molar-refractivity contribution in [2.75, 3.05) is 0 Å². The van der Waals surface area contributed by atoms with Gasteiger partial charge in [-0.3, -0.25) is 0 Å². The van der Waals surface area contributed by atoms with E-state index < -0.39 is 0 Å². The number of fused-ring (bicyclic) bond motifs is 1. The fraction of sp³-hybridized carbons (Fsp3) is 0.0769. The maximum Gasteiger partial charge on any atom is 0.222 e. The highest BCUT2D eigenvalue weighted by molar-refractivity contribution is 6.28. The molecule has 0 N–H and O–H groups in total. The minimum absolute atomic E-state index is 0.113. The number of rotatable bonds is 1. The number of aromatic nitrogens is 4. The second-order valence-electron chi connectivity index (χ2n) is 4.08. The topological polar surface area (TPSA) is 67.4 Å². The lowest BCUT2D eigenvalue weighted by Crippen LogP contribution is -1.94. The Kier molecular flexibility index (Phi) is 2.65. The molecule has 3 rings (SSSR count). The summed E-state index contributed by atoms with van der Waals surface area (Å²) in [5, 5.41) is 10.2. The van der Waals surface area contributed by atoms with Crippen molar-refractivity contribution in [3.05, 3.63) is 41.6 Å². The van der Waals surface area contributed by atoms with Crippen molar-refractivity contribution < 1.29 is 0 Å². The van der Waals surface area contributed by atoms with Gasteiger partial charge in [-0.1, -0.05) is 0 Å². The summed E-state index contributed by atoms with van der Waals surface area (Å²) in [6.45, 7) is 0. The highest BCUT2D eigenvalue weighted by Gasteiger charge is 2.10. The molecule has 3 heterocycles. The lowest BCUT2D eigenvalue weighted by Gasteiger charge is -2.03. The van der Waals surface area contributed by atoms with Crippen LogP contribution in [0.25, 0.3) is 22.3 Å². The summed E-state index contributed by atoms with van der Waals surface area (Å²) in [6.07, 6.45) is 5.03. The van der Waals surface area contributed by atoms with E-state index in [1.807, 2.05) is 29.9 Å². The van der Waals surface area contributed by atoms with Gasteiger partial charge in [0, 0.05) is 30.4 Å². The zero-order valence-corrected chi connectivity index (χ0v) is 10.8. The molecule has 0 atom stereocenters. The van der Waals surface area contributed by atoms with E-state index in [-0.39, 0.29) is 5.28 Å². The Morgan fingerprint density at radius 3 is 2.95 bits per heavy atom. The summed E-state index contributed by atoms with van der Waals surface area (Å²) in [7, 11) is 1.93. The van der Waals surface area contributed by atoms with E-state index in [4.69, 9.17) is 16.9 Å². The van der Waals surface area contributed by atoms with E-state index in [1.165, 1.54) is 6.20 Å². The van der Waals surface area contributed by atoms with Gasteiger partial charge in [0.1, 0.15) is 11.7 Å². The van der Waals surface area contributed by atoms with Gasteiger partial charge in [0.05, 0.1) is 17.5 Å². The molecular formula is C13H8ClN5. The van der Waals surface area contributed by atoms with E-state index in [0.29, 0.717) is 11.3 Å². The molecule has 0 aliphatic carbocycles. The molecule has 0 spiro atoms. The van der Waals surface area contributed by atoms with Crippen LogP contribution < -0.4 is 0 Å². The lowest BCUT2D eigenvalue weighted by atomic mass is 10.1. The molecule has 0 saturated carbocycles. The van der Waals surface area contributed by atoms with Crippen molar-refractivity contribution in [1.82, 2.24) is 19.5 Å². The van der Waals surface area contributed by atoms with Crippen LogP contribution in [0.4, 0.5) is 0 Å². The first-order valence-corrected chi connectivity index (χ1v) is 5.91. The van der Waals surface area contributed by atoms with Crippen molar-refractivity contribution in [2.24, 2.45) is 7.05 Å². The normalized spacial score (nSPS) is 10.6. The molecule has 0 aliphatic heterocycles. The van der Waals surface area contributed by atoms with Crippen molar-refractivity contribution in [1.29, 1.82) is 5.26 Å². The average Bonchev–Trinajstić information content (AvgIpc) is 2.80. The maximum atomic E-state index is 9.09. The Bertz CT molecular complexity index is 816. The third-order valence-corrected chi connectivity index (χ3v) is 3.04. The largest absolute Gasteiger partial charge is 0.336 e. The molecule has 0 aromatic carbocycles. The maximum absolute atomic E-state index is 9.09. The Morgan fingerprint density at radius 2 is 2.16 bits per heavy atom. The SMILES string of the molecule is Cn1ccc2cc(-c3nc(Cl)ncc3C#N)cnc21. The number of pyridine rings is 1. The Balaban J connectivity index is 2.24. The van der Waals surface area contributed by atoms with Crippen LogP contribution in [0.3, 0.4) is 0 Å². The van der Waals surface area contributed by atoms with Crippen molar-refractivity contribution in [3.8, 4) is 17.3 Å². The second kappa shape index (κ2) is 4.34. The third-order valence-electron chi connectivity index (χ3n) is 2.86. The lowest BCUT2D eigenvalue weighted by molar-refractivity contribution is 0.948. The smallest absolute Gasteiger partial charge is 0.222 e. The van der Waals surface area contributed by atoms with Crippen LogP contribution >= 0.6 is 11.6 Å². The predicted molar refractivity (Wildman–Crippen MR) is 71.5 cm³/mol. The summed E-state index contributed by atoms with van der Waals surface area (Å²) in [5.74, 6) is 0. The first-order valence-electron chi connectivity index (χ1n) is 5.53. The molecule has 0 fully saturated rings. The fourth-order valence-corrected chi connectivity index (χ4v) is 2.08. The van der Waals surface area contributed by atoms with Gasteiger partial charge in [0.25, 0.3) is 0 Å². The van der Waals surface area contributed by atoms with Crippen LogP contribution in [-0.2, 0) is 7.05 Å². The Labute approximate surface area is 114 Å². The molecule has 0 radical (unpaired) electrons. The van der Waals surface area contributed by atoms with Gasteiger partial charge in [0.15, 0.2) is 0 Å². The van der Waals surface area contributed by atoms with Crippen LogP contribution in [0, 0.1) is 11.3 Å². The second-order valence-corrected chi connectivity index (χ2v) is 4.41. The summed E-state index contributed by atoms with van der Waals surface area (Å²) < 4.78 is 1.93.